The lowest BCUT2D eigenvalue weighted by Crippen LogP contribution is -2.38. The van der Waals surface area contributed by atoms with Crippen molar-refractivity contribution in [2.75, 3.05) is 19.0 Å². The van der Waals surface area contributed by atoms with Crippen molar-refractivity contribution in [3.05, 3.63) is 12.4 Å². The first-order valence-corrected chi connectivity index (χ1v) is 7.33. The van der Waals surface area contributed by atoms with Gasteiger partial charge in [-0.25, -0.2) is 8.42 Å². The van der Waals surface area contributed by atoms with Gasteiger partial charge in [0.05, 0.1) is 12.7 Å². The van der Waals surface area contributed by atoms with Gasteiger partial charge in [0, 0.05) is 18.6 Å². The molecule has 110 valence electrons. The van der Waals surface area contributed by atoms with Crippen LogP contribution < -0.4 is 0 Å². The molecule has 0 aliphatic rings. The van der Waals surface area contributed by atoms with Crippen molar-refractivity contribution in [1.29, 1.82) is 0 Å². The molecule has 0 atom stereocenters. The number of alkyl halides is 4. The third kappa shape index (κ3) is 4.36. The Bertz CT molecular complexity index is 515. The minimum atomic E-state index is -4.59. The molecule has 0 amide bonds. The minimum Gasteiger partial charge on any atom is -0.270 e. The smallest absolute Gasteiger partial charge is 0.270 e. The van der Waals surface area contributed by atoms with Crippen LogP contribution in [-0.2, 0) is 16.6 Å². The summed E-state index contributed by atoms with van der Waals surface area (Å²) in [4.78, 5) is -0.274. The van der Waals surface area contributed by atoms with E-state index in [2.05, 4.69) is 5.10 Å². The summed E-state index contributed by atoms with van der Waals surface area (Å²) in [7, 11) is -4.19. The zero-order valence-electron chi connectivity index (χ0n) is 10.1. The third-order valence-electron chi connectivity index (χ3n) is 2.27. The van der Waals surface area contributed by atoms with Gasteiger partial charge in [0.1, 0.15) is 11.4 Å². The molecule has 10 heteroatoms. The van der Waals surface area contributed by atoms with Gasteiger partial charge in [-0.05, 0) is 0 Å². The Labute approximate surface area is 114 Å². The van der Waals surface area contributed by atoms with Crippen LogP contribution in [-0.4, -0.2) is 47.6 Å². The zero-order valence-corrected chi connectivity index (χ0v) is 11.6. The number of hydrogen-bond acceptors (Lipinski definition) is 3. The van der Waals surface area contributed by atoms with E-state index in [1.54, 1.807) is 0 Å². The molecule has 0 radical (unpaired) electrons. The van der Waals surface area contributed by atoms with Crippen LogP contribution in [0.2, 0.25) is 0 Å². The summed E-state index contributed by atoms with van der Waals surface area (Å²) in [6.07, 6.45) is -2.41. The van der Waals surface area contributed by atoms with Gasteiger partial charge >= 0.3 is 6.18 Å². The largest absolute Gasteiger partial charge is 0.402 e. The molecule has 0 saturated carbocycles. The normalized spacial score (nSPS) is 13.2. The maximum absolute atomic E-state index is 12.3. The molecule has 0 spiro atoms. The second-order valence-electron chi connectivity index (χ2n) is 3.67. The summed E-state index contributed by atoms with van der Waals surface area (Å²) in [6.45, 7) is -0.177. The highest BCUT2D eigenvalue weighted by Crippen LogP contribution is 2.22. The van der Waals surface area contributed by atoms with Crippen LogP contribution in [0.1, 0.15) is 6.92 Å². The van der Waals surface area contributed by atoms with E-state index in [4.69, 9.17) is 11.6 Å². The number of rotatable bonds is 6. The maximum atomic E-state index is 12.3. The standard InChI is InChI=1S/C9H13ClF3N3O2S/c1-2-16(7-9(11,12)13)19(17,18)8-5-14-15(6-8)4-3-10/h5-6H,2-4,7H2,1H3. The number of halogens is 4. The molecule has 0 bridgehead atoms. The van der Waals surface area contributed by atoms with Gasteiger partial charge in [-0.1, -0.05) is 6.92 Å². The van der Waals surface area contributed by atoms with Crippen molar-refractivity contribution in [3.63, 3.8) is 0 Å². The van der Waals surface area contributed by atoms with Crippen LogP contribution in [0.4, 0.5) is 13.2 Å². The van der Waals surface area contributed by atoms with E-state index in [0.29, 0.717) is 4.31 Å². The Morgan fingerprint density at radius 3 is 2.58 bits per heavy atom. The molecule has 0 saturated heterocycles. The summed E-state index contributed by atoms with van der Waals surface area (Å²) < 4.78 is 62.6. The molecule has 0 N–H and O–H groups in total. The molecule has 19 heavy (non-hydrogen) atoms. The van der Waals surface area contributed by atoms with Gasteiger partial charge in [-0.15, -0.1) is 11.6 Å². The first-order valence-electron chi connectivity index (χ1n) is 5.36. The predicted molar refractivity (Wildman–Crippen MR) is 63.4 cm³/mol. The highest BCUT2D eigenvalue weighted by molar-refractivity contribution is 7.89. The van der Waals surface area contributed by atoms with Crippen LogP contribution in [0.25, 0.3) is 0 Å². The summed E-state index contributed by atoms with van der Waals surface area (Å²) >= 11 is 5.47. The number of aryl methyl sites for hydroxylation is 1. The Balaban J connectivity index is 2.99. The highest BCUT2D eigenvalue weighted by atomic mass is 35.5. The Hall–Kier alpha value is -0.800. The number of aromatic nitrogens is 2. The van der Waals surface area contributed by atoms with Gasteiger partial charge in [-0.2, -0.15) is 22.6 Å². The zero-order chi connectivity index (χ0) is 14.7. The lowest BCUT2D eigenvalue weighted by molar-refractivity contribution is -0.135. The van der Waals surface area contributed by atoms with Crippen LogP contribution >= 0.6 is 11.6 Å². The molecular weight excluding hydrogens is 307 g/mol. The molecule has 0 aromatic carbocycles. The van der Waals surface area contributed by atoms with Crippen molar-refractivity contribution >= 4 is 21.6 Å². The van der Waals surface area contributed by atoms with E-state index in [1.165, 1.54) is 11.6 Å². The Morgan fingerprint density at radius 1 is 1.47 bits per heavy atom. The molecule has 0 unspecified atom stereocenters. The van der Waals surface area contributed by atoms with Gasteiger partial charge in [0.15, 0.2) is 0 Å². The average molecular weight is 320 g/mol. The fraction of sp³-hybridized carbons (Fsp3) is 0.667. The second-order valence-corrected chi connectivity index (χ2v) is 5.99. The summed E-state index contributed by atoms with van der Waals surface area (Å²) in [5.74, 6) is 0.223. The van der Waals surface area contributed by atoms with Crippen LogP contribution in [0.5, 0.6) is 0 Å². The molecule has 0 aliphatic carbocycles. The van der Waals surface area contributed by atoms with E-state index in [9.17, 15) is 21.6 Å². The fourth-order valence-corrected chi connectivity index (χ4v) is 2.97. The van der Waals surface area contributed by atoms with Crippen molar-refractivity contribution in [3.8, 4) is 0 Å². The van der Waals surface area contributed by atoms with Gasteiger partial charge < -0.3 is 0 Å². The lowest BCUT2D eigenvalue weighted by atomic mass is 10.6. The minimum absolute atomic E-state index is 0.223. The lowest BCUT2D eigenvalue weighted by Gasteiger charge is -2.20. The van der Waals surface area contributed by atoms with E-state index in [0.717, 1.165) is 12.4 Å². The van der Waals surface area contributed by atoms with Crippen molar-refractivity contribution in [2.45, 2.75) is 24.5 Å². The molecule has 0 fully saturated rings. The molecule has 5 nitrogen and oxygen atoms in total. The molecule has 1 heterocycles. The number of hydrogen-bond donors (Lipinski definition) is 0. The highest BCUT2D eigenvalue weighted by Gasteiger charge is 2.36. The van der Waals surface area contributed by atoms with Gasteiger partial charge in [0.25, 0.3) is 0 Å². The Morgan fingerprint density at radius 2 is 2.11 bits per heavy atom. The Kier molecular flexibility index (Phi) is 5.22. The number of sulfonamides is 1. The summed E-state index contributed by atoms with van der Waals surface area (Å²) in [5, 5.41) is 3.73. The van der Waals surface area contributed by atoms with E-state index in [-0.39, 0.29) is 23.9 Å². The maximum Gasteiger partial charge on any atom is 0.402 e. The average Bonchev–Trinajstić information content (AvgIpc) is 2.74. The van der Waals surface area contributed by atoms with Crippen molar-refractivity contribution in [1.82, 2.24) is 14.1 Å². The predicted octanol–water partition coefficient (Wildman–Crippen LogP) is 1.69. The van der Waals surface area contributed by atoms with E-state index < -0.39 is 22.7 Å². The first kappa shape index (κ1) is 16.3. The first-order chi connectivity index (χ1) is 8.70. The van der Waals surface area contributed by atoms with Gasteiger partial charge in [0.2, 0.25) is 10.0 Å². The van der Waals surface area contributed by atoms with Crippen LogP contribution in [0.15, 0.2) is 17.3 Å². The second kappa shape index (κ2) is 6.10. The molecular formula is C9H13ClF3N3O2S. The third-order valence-corrected chi connectivity index (χ3v) is 4.31. The molecule has 0 aliphatic heterocycles. The summed E-state index contributed by atoms with van der Waals surface area (Å²) in [5.41, 5.74) is 0. The monoisotopic (exact) mass is 319 g/mol. The van der Waals surface area contributed by atoms with E-state index in [1.807, 2.05) is 0 Å². The van der Waals surface area contributed by atoms with E-state index >= 15 is 0 Å². The van der Waals surface area contributed by atoms with Crippen molar-refractivity contribution in [2.24, 2.45) is 0 Å². The molecule has 1 rings (SSSR count). The van der Waals surface area contributed by atoms with Crippen LogP contribution in [0.3, 0.4) is 0 Å². The van der Waals surface area contributed by atoms with Crippen LogP contribution in [0, 0.1) is 0 Å². The quantitative estimate of drug-likeness (QED) is 0.750. The topological polar surface area (TPSA) is 55.2 Å². The fourth-order valence-electron chi connectivity index (χ4n) is 1.40. The van der Waals surface area contributed by atoms with Gasteiger partial charge in [-0.3, -0.25) is 4.68 Å². The van der Waals surface area contributed by atoms with Crippen molar-refractivity contribution < 1.29 is 21.6 Å². The molecule has 1 aromatic heterocycles. The molecule has 1 aromatic rings. The number of nitrogens with zero attached hydrogens (tertiary/aromatic N) is 3. The SMILES string of the molecule is CCN(CC(F)(F)F)S(=O)(=O)c1cnn(CCCl)c1. The summed E-state index contributed by atoms with van der Waals surface area (Å²) in [6, 6.07) is 0.